The average Bonchev–Trinajstić information content (AvgIpc) is 3.05. The van der Waals surface area contributed by atoms with Crippen molar-refractivity contribution in [1.29, 1.82) is 0 Å². The summed E-state index contributed by atoms with van der Waals surface area (Å²) >= 11 is 0. The van der Waals surface area contributed by atoms with Crippen molar-refractivity contribution in [2.75, 3.05) is 26.2 Å². The SMILES string of the molecule is Cc1ccccc1CN1CCN(Cc2ccn[nH]2)C[C@H]1CCO. The van der Waals surface area contributed by atoms with Gasteiger partial charge in [0.25, 0.3) is 0 Å². The van der Waals surface area contributed by atoms with Gasteiger partial charge >= 0.3 is 0 Å². The minimum absolute atomic E-state index is 0.243. The molecule has 1 aliphatic rings. The lowest BCUT2D eigenvalue weighted by molar-refractivity contribution is 0.0493. The van der Waals surface area contributed by atoms with E-state index < -0.39 is 0 Å². The van der Waals surface area contributed by atoms with E-state index in [1.165, 1.54) is 11.1 Å². The number of aliphatic hydroxyl groups is 1. The molecule has 124 valence electrons. The van der Waals surface area contributed by atoms with Gasteiger partial charge in [-0.3, -0.25) is 14.9 Å². The first-order chi connectivity index (χ1) is 11.3. The summed E-state index contributed by atoms with van der Waals surface area (Å²) in [6.07, 6.45) is 2.63. The summed E-state index contributed by atoms with van der Waals surface area (Å²) in [5, 5.41) is 16.5. The molecule has 5 nitrogen and oxygen atoms in total. The van der Waals surface area contributed by atoms with E-state index in [2.05, 4.69) is 51.2 Å². The van der Waals surface area contributed by atoms with Crippen LogP contribution in [0.25, 0.3) is 0 Å². The summed E-state index contributed by atoms with van der Waals surface area (Å²) in [5.74, 6) is 0. The molecule has 0 bridgehead atoms. The van der Waals surface area contributed by atoms with Gasteiger partial charge in [-0.25, -0.2) is 0 Å². The van der Waals surface area contributed by atoms with Crippen LogP contribution < -0.4 is 0 Å². The van der Waals surface area contributed by atoms with Crippen LogP contribution in [-0.4, -0.2) is 57.4 Å². The molecule has 0 spiro atoms. The molecule has 5 heteroatoms. The third-order valence-electron chi connectivity index (χ3n) is 4.74. The maximum atomic E-state index is 9.44. The minimum atomic E-state index is 0.243. The Morgan fingerprint density at radius 2 is 2.09 bits per heavy atom. The van der Waals surface area contributed by atoms with E-state index in [0.717, 1.165) is 44.8 Å². The lowest BCUT2D eigenvalue weighted by atomic mass is 10.0. The zero-order chi connectivity index (χ0) is 16.1. The van der Waals surface area contributed by atoms with Crippen molar-refractivity contribution in [3.8, 4) is 0 Å². The number of nitrogens with zero attached hydrogens (tertiary/aromatic N) is 3. The number of hydrogen-bond acceptors (Lipinski definition) is 4. The Labute approximate surface area is 137 Å². The van der Waals surface area contributed by atoms with Crippen molar-refractivity contribution < 1.29 is 5.11 Å². The fourth-order valence-electron chi connectivity index (χ4n) is 3.35. The average molecular weight is 314 g/mol. The molecule has 0 amide bonds. The lowest BCUT2D eigenvalue weighted by Crippen LogP contribution is -2.52. The Morgan fingerprint density at radius 1 is 1.22 bits per heavy atom. The van der Waals surface area contributed by atoms with Crippen LogP contribution in [-0.2, 0) is 13.1 Å². The Bertz CT molecular complexity index is 599. The molecule has 1 aliphatic heterocycles. The second-order valence-electron chi connectivity index (χ2n) is 6.38. The molecule has 23 heavy (non-hydrogen) atoms. The first-order valence-corrected chi connectivity index (χ1v) is 8.36. The summed E-state index contributed by atoms with van der Waals surface area (Å²) in [7, 11) is 0. The van der Waals surface area contributed by atoms with Crippen LogP contribution in [0, 0.1) is 6.92 Å². The predicted molar refractivity (Wildman–Crippen MR) is 90.9 cm³/mol. The first kappa shape index (κ1) is 16.2. The second-order valence-corrected chi connectivity index (χ2v) is 6.38. The number of aliphatic hydroxyl groups excluding tert-OH is 1. The van der Waals surface area contributed by atoms with E-state index in [1.54, 1.807) is 6.20 Å². The van der Waals surface area contributed by atoms with Crippen molar-refractivity contribution in [3.05, 3.63) is 53.3 Å². The lowest BCUT2D eigenvalue weighted by Gasteiger charge is -2.41. The third-order valence-corrected chi connectivity index (χ3v) is 4.74. The first-order valence-electron chi connectivity index (χ1n) is 8.36. The molecule has 1 aromatic heterocycles. The summed E-state index contributed by atoms with van der Waals surface area (Å²) in [6, 6.07) is 11.0. The van der Waals surface area contributed by atoms with Crippen LogP contribution in [0.5, 0.6) is 0 Å². The van der Waals surface area contributed by atoms with Crippen molar-refractivity contribution in [3.63, 3.8) is 0 Å². The number of aryl methyl sites for hydroxylation is 1. The van der Waals surface area contributed by atoms with Crippen molar-refractivity contribution in [2.45, 2.75) is 32.5 Å². The van der Waals surface area contributed by atoms with Gasteiger partial charge in [0.05, 0.1) is 0 Å². The summed E-state index contributed by atoms with van der Waals surface area (Å²) in [4.78, 5) is 4.96. The van der Waals surface area contributed by atoms with Crippen molar-refractivity contribution >= 4 is 0 Å². The quantitative estimate of drug-likeness (QED) is 0.853. The van der Waals surface area contributed by atoms with Crippen LogP contribution in [0.2, 0.25) is 0 Å². The molecule has 1 fully saturated rings. The summed E-state index contributed by atoms with van der Waals surface area (Å²) in [6.45, 7) is 7.36. The molecule has 1 aromatic carbocycles. The maximum absolute atomic E-state index is 9.44. The van der Waals surface area contributed by atoms with Gasteiger partial charge < -0.3 is 5.11 Å². The Morgan fingerprint density at radius 3 is 2.83 bits per heavy atom. The Balaban J connectivity index is 1.64. The molecule has 1 atom stereocenters. The van der Waals surface area contributed by atoms with E-state index in [1.807, 2.05) is 6.07 Å². The molecule has 2 aromatic rings. The van der Waals surface area contributed by atoms with Gasteiger partial charge in [-0.1, -0.05) is 24.3 Å². The van der Waals surface area contributed by atoms with Gasteiger partial charge in [-0.15, -0.1) is 0 Å². The molecule has 0 saturated carbocycles. The Hall–Kier alpha value is -1.69. The molecule has 0 unspecified atom stereocenters. The predicted octanol–water partition coefficient (Wildman–Crippen LogP) is 1.79. The molecular weight excluding hydrogens is 288 g/mol. The van der Waals surface area contributed by atoms with Gasteiger partial charge in [0.1, 0.15) is 0 Å². The van der Waals surface area contributed by atoms with E-state index in [0.29, 0.717) is 6.04 Å². The fraction of sp³-hybridized carbons (Fsp3) is 0.500. The number of nitrogens with one attached hydrogen (secondary N) is 1. The third kappa shape index (κ3) is 4.19. The van der Waals surface area contributed by atoms with E-state index >= 15 is 0 Å². The largest absolute Gasteiger partial charge is 0.396 e. The number of hydrogen-bond donors (Lipinski definition) is 2. The standard InChI is InChI=1S/C18H26N4O/c1-15-4-2-3-5-16(15)12-22-10-9-21(14-18(22)7-11-23)13-17-6-8-19-20-17/h2-6,8,18,23H,7,9-14H2,1H3,(H,19,20)/t18-/m1/s1. The zero-order valence-electron chi connectivity index (χ0n) is 13.8. The molecule has 1 saturated heterocycles. The number of piperazine rings is 1. The number of H-pyrrole nitrogens is 1. The van der Waals surface area contributed by atoms with E-state index in [9.17, 15) is 5.11 Å². The molecular formula is C18H26N4O. The van der Waals surface area contributed by atoms with Crippen LogP contribution in [0.1, 0.15) is 23.2 Å². The van der Waals surface area contributed by atoms with Crippen molar-refractivity contribution in [1.82, 2.24) is 20.0 Å². The number of rotatable bonds is 6. The monoisotopic (exact) mass is 314 g/mol. The van der Waals surface area contributed by atoms with Gasteiger partial charge in [-0.2, -0.15) is 5.10 Å². The van der Waals surface area contributed by atoms with Gasteiger partial charge in [0.15, 0.2) is 0 Å². The topological polar surface area (TPSA) is 55.4 Å². The molecule has 2 N–H and O–H groups in total. The highest BCUT2D eigenvalue weighted by molar-refractivity contribution is 5.25. The number of benzene rings is 1. The van der Waals surface area contributed by atoms with Crippen LogP contribution >= 0.6 is 0 Å². The van der Waals surface area contributed by atoms with Gasteiger partial charge in [-0.05, 0) is 30.5 Å². The van der Waals surface area contributed by atoms with Crippen LogP contribution in [0.3, 0.4) is 0 Å². The smallest absolute Gasteiger partial charge is 0.0492 e. The van der Waals surface area contributed by atoms with E-state index in [-0.39, 0.29) is 6.61 Å². The maximum Gasteiger partial charge on any atom is 0.0492 e. The number of aromatic nitrogens is 2. The van der Waals surface area contributed by atoms with Gasteiger partial charge in [0.2, 0.25) is 0 Å². The molecule has 0 aliphatic carbocycles. The fourth-order valence-corrected chi connectivity index (χ4v) is 3.35. The highest BCUT2D eigenvalue weighted by Crippen LogP contribution is 2.19. The minimum Gasteiger partial charge on any atom is -0.396 e. The highest BCUT2D eigenvalue weighted by Gasteiger charge is 2.27. The summed E-state index contributed by atoms with van der Waals surface area (Å²) in [5.41, 5.74) is 3.88. The highest BCUT2D eigenvalue weighted by atomic mass is 16.3. The normalized spacial score (nSPS) is 20.0. The Kier molecular flexibility index (Phi) is 5.43. The second kappa shape index (κ2) is 7.73. The summed E-state index contributed by atoms with van der Waals surface area (Å²) < 4.78 is 0. The molecule has 2 heterocycles. The molecule has 0 radical (unpaired) electrons. The van der Waals surface area contributed by atoms with Crippen LogP contribution in [0.4, 0.5) is 0 Å². The van der Waals surface area contributed by atoms with Crippen molar-refractivity contribution in [2.24, 2.45) is 0 Å². The van der Waals surface area contributed by atoms with E-state index in [4.69, 9.17) is 0 Å². The van der Waals surface area contributed by atoms with Gasteiger partial charge in [0, 0.05) is 57.3 Å². The molecule has 3 rings (SSSR count). The van der Waals surface area contributed by atoms with Crippen LogP contribution in [0.15, 0.2) is 36.5 Å². The zero-order valence-corrected chi connectivity index (χ0v) is 13.8. The number of aromatic amines is 1.